The van der Waals surface area contributed by atoms with Gasteiger partial charge in [0.25, 0.3) is 5.91 Å². The van der Waals surface area contributed by atoms with E-state index in [1.807, 2.05) is 0 Å². The molecule has 2 aromatic rings. The van der Waals surface area contributed by atoms with Crippen LogP contribution >= 0.6 is 35.0 Å². The standard InChI is InChI=1S/C18H19Cl2N3O4S2/c1-11(2)23-29(26,27)14-6-3-12(4-7-14)18(25)22-21-17(24)10-28-16-9-13(19)5-8-15(16)20/h3-9,11,23H,10H2,1-2H3,(H,21,24)(H,22,25). The van der Waals surface area contributed by atoms with E-state index in [2.05, 4.69) is 15.6 Å². The molecule has 0 atom stereocenters. The molecule has 0 heterocycles. The van der Waals surface area contributed by atoms with Crippen molar-refractivity contribution >= 4 is 56.8 Å². The Morgan fingerprint density at radius 1 is 1.03 bits per heavy atom. The number of amides is 2. The largest absolute Gasteiger partial charge is 0.272 e. The summed E-state index contributed by atoms with van der Waals surface area (Å²) in [7, 11) is -3.64. The van der Waals surface area contributed by atoms with Crippen molar-refractivity contribution in [1.82, 2.24) is 15.6 Å². The Morgan fingerprint density at radius 3 is 2.31 bits per heavy atom. The number of thioether (sulfide) groups is 1. The van der Waals surface area contributed by atoms with Gasteiger partial charge in [0.1, 0.15) is 0 Å². The molecular weight excluding hydrogens is 457 g/mol. The molecule has 0 aliphatic heterocycles. The van der Waals surface area contributed by atoms with Gasteiger partial charge in [-0.05, 0) is 56.3 Å². The summed E-state index contributed by atoms with van der Waals surface area (Å²) in [5.74, 6) is -1.01. The number of rotatable bonds is 7. The molecule has 7 nitrogen and oxygen atoms in total. The van der Waals surface area contributed by atoms with Crippen LogP contribution in [0, 0.1) is 0 Å². The number of carbonyl (C=O) groups is 2. The van der Waals surface area contributed by atoms with E-state index in [0.717, 1.165) is 0 Å². The van der Waals surface area contributed by atoms with E-state index in [1.54, 1.807) is 32.0 Å². The summed E-state index contributed by atoms with van der Waals surface area (Å²) in [5.41, 5.74) is 4.76. The SMILES string of the molecule is CC(C)NS(=O)(=O)c1ccc(C(=O)NNC(=O)CSc2cc(Cl)ccc2Cl)cc1. The zero-order valence-electron chi connectivity index (χ0n) is 15.5. The summed E-state index contributed by atoms with van der Waals surface area (Å²) in [5, 5.41) is 0.970. The molecule has 11 heteroatoms. The van der Waals surface area contributed by atoms with Crippen LogP contribution < -0.4 is 15.6 Å². The van der Waals surface area contributed by atoms with Gasteiger partial charge in [-0.2, -0.15) is 0 Å². The van der Waals surface area contributed by atoms with Crippen molar-refractivity contribution in [3.63, 3.8) is 0 Å². The molecule has 0 bridgehead atoms. The Balaban J connectivity index is 1.88. The van der Waals surface area contributed by atoms with Crippen LogP contribution in [0.4, 0.5) is 0 Å². The third-order valence-electron chi connectivity index (χ3n) is 3.39. The Kier molecular flexibility index (Phi) is 8.35. The molecule has 2 amide bonds. The second-order valence-electron chi connectivity index (χ2n) is 6.17. The number of hydrogen-bond acceptors (Lipinski definition) is 5. The van der Waals surface area contributed by atoms with Gasteiger partial charge >= 0.3 is 0 Å². The van der Waals surface area contributed by atoms with E-state index < -0.39 is 21.8 Å². The van der Waals surface area contributed by atoms with Crippen LogP contribution in [0.1, 0.15) is 24.2 Å². The highest BCUT2D eigenvalue weighted by molar-refractivity contribution is 8.00. The van der Waals surface area contributed by atoms with Gasteiger partial charge in [-0.1, -0.05) is 23.2 Å². The fraction of sp³-hybridized carbons (Fsp3) is 0.222. The highest BCUT2D eigenvalue weighted by atomic mass is 35.5. The molecule has 0 unspecified atom stereocenters. The molecule has 0 radical (unpaired) electrons. The molecule has 3 N–H and O–H groups in total. The lowest BCUT2D eigenvalue weighted by Crippen LogP contribution is -2.42. The number of carbonyl (C=O) groups excluding carboxylic acids is 2. The minimum Gasteiger partial charge on any atom is -0.272 e. The molecule has 156 valence electrons. The minimum atomic E-state index is -3.64. The molecule has 0 fully saturated rings. The van der Waals surface area contributed by atoms with E-state index in [-0.39, 0.29) is 22.3 Å². The molecule has 0 saturated heterocycles. The molecule has 0 aliphatic rings. The lowest BCUT2D eigenvalue weighted by molar-refractivity contribution is -0.119. The third kappa shape index (κ3) is 7.20. The second kappa shape index (κ2) is 10.3. The Morgan fingerprint density at radius 2 is 1.69 bits per heavy atom. The number of halogens is 2. The summed E-state index contributed by atoms with van der Waals surface area (Å²) in [6.45, 7) is 3.42. The van der Waals surface area contributed by atoms with E-state index >= 15 is 0 Å². The van der Waals surface area contributed by atoms with Crippen molar-refractivity contribution in [2.24, 2.45) is 0 Å². The van der Waals surface area contributed by atoms with Gasteiger partial charge in [-0.3, -0.25) is 20.4 Å². The van der Waals surface area contributed by atoms with Crippen molar-refractivity contribution in [1.29, 1.82) is 0 Å². The van der Waals surface area contributed by atoms with E-state index in [0.29, 0.717) is 14.9 Å². The van der Waals surface area contributed by atoms with Crippen molar-refractivity contribution in [3.8, 4) is 0 Å². The number of hydrogen-bond donors (Lipinski definition) is 3. The van der Waals surface area contributed by atoms with Crippen molar-refractivity contribution < 1.29 is 18.0 Å². The Hall–Kier alpha value is -1.78. The van der Waals surface area contributed by atoms with Crippen LogP contribution in [0.3, 0.4) is 0 Å². The Labute approximate surface area is 183 Å². The summed E-state index contributed by atoms with van der Waals surface area (Å²) < 4.78 is 26.6. The lowest BCUT2D eigenvalue weighted by atomic mass is 10.2. The summed E-state index contributed by atoms with van der Waals surface area (Å²) >= 11 is 13.1. The normalized spacial score (nSPS) is 11.3. The molecule has 0 saturated carbocycles. The predicted molar refractivity (Wildman–Crippen MR) is 115 cm³/mol. The predicted octanol–water partition coefficient (Wildman–Crippen LogP) is 3.23. The molecular formula is C18H19Cl2N3O4S2. The maximum Gasteiger partial charge on any atom is 0.269 e. The van der Waals surface area contributed by atoms with Crippen molar-refractivity contribution in [2.45, 2.75) is 29.7 Å². The average molecular weight is 476 g/mol. The molecule has 29 heavy (non-hydrogen) atoms. The van der Waals surface area contributed by atoms with Gasteiger partial charge in [-0.25, -0.2) is 13.1 Å². The zero-order chi connectivity index (χ0) is 21.6. The topological polar surface area (TPSA) is 104 Å². The first-order chi connectivity index (χ1) is 13.6. The monoisotopic (exact) mass is 475 g/mol. The van der Waals surface area contributed by atoms with Gasteiger partial charge in [0.2, 0.25) is 15.9 Å². The molecule has 0 aliphatic carbocycles. The van der Waals surface area contributed by atoms with Crippen LogP contribution in [-0.2, 0) is 14.8 Å². The molecule has 0 spiro atoms. The van der Waals surface area contributed by atoms with Gasteiger partial charge < -0.3 is 0 Å². The summed E-state index contributed by atoms with van der Waals surface area (Å²) in [6.07, 6.45) is 0. The Bertz CT molecular complexity index is 997. The van der Waals surface area contributed by atoms with Gasteiger partial charge in [-0.15, -0.1) is 11.8 Å². The van der Waals surface area contributed by atoms with Crippen LogP contribution in [0.5, 0.6) is 0 Å². The van der Waals surface area contributed by atoms with E-state index in [9.17, 15) is 18.0 Å². The third-order valence-corrected chi connectivity index (χ3v) is 6.79. The van der Waals surface area contributed by atoms with Gasteiger partial charge in [0.15, 0.2) is 0 Å². The molecule has 2 rings (SSSR count). The highest BCUT2D eigenvalue weighted by Gasteiger charge is 2.16. The summed E-state index contributed by atoms with van der Waals surface area (Å²) in [4.78, 5) is 24.7. The van der Waals surface area contributed by atoms with Crippen molar-refractivity contribution in [2.75, 3.05) is 5.75 Å². The summed E-state index contributed by atoms with van der Waals surface area (Å²) in [6, 6.07) is 10.0. The molecule has 0 aromatic heterocycles. The molecule has 2 aromatic carbocycles. The van der Waals surface area contributed by atoms with Crippen LogP contribution in [0.15, 0.2) is 52.3 Å². The quantitative estimate of drug-likeness (QED) is 0.421. The van der Waals surface area contributed by atoms with Gasteiger partial charge in [0, 0.05) is 21.5 Å². The first kappa shape index (κ1) is 23.5. The first-order valence-corrected chi connectivity index (χ1v) is 11.6. The van der Waals surface area contributed by atoms with Crippen molar-refractivity contribution in [3.05, 3.63) is 58.1 Å². The number of sulfonamides is 1. The fourth-order valence-corrected chi connectivity index (χ4v) is 4.67. The van der Waals surface area contributed by atoms with Gasteiger partial charge in [0.05, 0.1) is 15.7 Å². The maximum atomic E-state index is 12.1. The number of benzene rings is 2. The van der Waals surface area contributed by atoms with Crippen LogP contribution in [-0.4, -0.2) is 32.0 Å². The fourth-order valence-electron chi connectivity index (χ4n) is 2.13. The second-order valence-corrected chi connectivity index (χ2v) is 9.74. The van der Waals surface area contributed by atoms with Crippen LogP contribution in [0.25, 0.3) is 0 Å². The van der Waals surface area contributed by atoms with E-state index in [1.165, 1.54) is 36.0 Å². The van der Waals surface area contributed by atoms with Crippen LogP contribution in [0.2, 0.25) is 10.0 Å². The average Bonchev–Trinajstić information content (AvgIpc) is 2.66. The first-order valence-electron chi connectivity index (χ1n) is 8.38. The highest BCUT2D eigenvalue weighted by Crippen LogP contribution is 2.29. The number of hydrazine groups is 1. The zero-order valence-corrected chi connectivity index (χ0v) is 18.7. The minimum absolute atomic E-state index is 0.0123. The smallest absolute Gasteiger partial charge is 0.269 e. The number of nitrogens with one attached hydrogen (secondary N) is 3. The lowest BCUT2D eigenvalue weighted by Gasteiger charge is -2.11. The maximum absolute atomic E-state index is 12.1. The van der Waals surface area contributed by atoms with E-state index in [4.69, 9.17) is 23.2 Å².